The highest BCUT2D eigenvalue weighted by molar-refractivity contribution is 7.09. The summed E-state index contributed by atoms with van der Waals surface area (Å²) in [5.74, 6) is 0. The van der Waals surface area contributed by atoms with Crippen molar-refractivity contribution in [3.05, 3.63) is 33.0 Å². The molecule has 5 heteroatoms. The Morgan fingerprint density at radius 1 is 1.33 bits per heavy atom. The highest BCUT2D eigenvalue weighted by atomic mass is 32.1. The van der Waals surface area contributed by atoms with E-state index < -0.39 is 0 Å². The molecule has 0 aromatic carbocycles. The van der Waals surface area contributed by atoms with Gasteiger partial charge in [0.15, 0.2) is 0 Å². The van der Waals surface area contributed by atoms with Crippen molar-refractivity contribution >= 4 is 11.3 Å². The highest BCUT2D eigenvalue weighted by Crippen LogP contribution is 2.26. The SMILES string of the molecule is Cc1nn(C)c(C)c1[C@@H](C)NCc1csc(C(C)(C)C)n1. The molecule has 0 amide bonds. The molecule has 0 fully saturated rings. The van der Waals surface area contributed by atoms with Crippen LogP contribution in [0.5, 0.6) is 0 Å². The van der Waals surface area contributed by atoms with Crippen molar-refractivity contribution in [3.63, 3.8) is 0 Å². The van der Waals surface area contributed by atoms with E-state index in [-0.39, 0.29) is 11.5 Å². The summed E-state index contributed by atoms with van der Waals surface area (Å²) >= 11 is 1.75. The Hall–Kier alpha value is -1.20. The summed E-state index contributed by atoms with van der Waals surface area (Å²) in [6, 6.07) is 0.276. The van der Waals surface area contributed by atoms with Crippen LogP contribution in [0.25, 0.3) is 0 Å². The zero-order valence-electron chi connectivity index (χ0n) is 14.1. The Kier molecular flexibility index (Phi) is 4.54. The van der Waals surface area contributed by atoms with Gasteiger partial charge in [-0.15, -0.1) is 11.3 Å². The molecule has 0 radical (unpaired) electrons. The first-order valence-corrected chi connectivity index (χ1v) is 8.26. The lowest BCUT2D eigenvalue weighted by atomic mass is 9.98. The molecule has 0 saturated heterocycles. The molecule has 0 saturated carbocycles. The van der Waals surface area contributed by atoms with Crippen molar-refractivity contribution < 1.29 is 0 Å². The summed E-state index contributed by atoms with van der Waals surface area (Å²) < 4.78 is 1.95. The molecule has 0 spiro atoms. The van der Waals surface area contributed by atoms with Gasteiger partial charge in [0.1, 0.15) is 0 Å². The number of thiazole rings is 1. The van der Waals surface area contributed by atoms with Gasteiger partial charge in [-0.1, -0.05) is 20.8 Å². The van der Waals surface area contributed by atoms with E-state index in [4.69, 9.17) is 4.98 Å². The maximum atomic E-state index is 4.73. The Balaban J connectivity index is 2.04. The van der Waals surface area contributed by atoms with Crippen LogP contribution in [-0.2, 0) is 19.0 Å². The molecule has 0 aliphatic carbocycles. The van der Waals surface area contributed by atoms with Gasteiger partial charge in [-0.25, -0.2) is 4.98 Å². The van der Waals surface area contributed by atoms with Crippen molar-refractivity contribution in [1.29, 1.82) is 0 Å². The van der Waals surface area contributed by atoms with Crippen molar-refractivity contribution in [2.45, 2.75) is 59.5 Å². The summed E-state index contributed by atoms with van der Waals surface area (Å²) in [4.78, 5) is 4.73. The highest BCUT2D eigenvalue weighted by Gasteiger charge is 2.19. The molecular formula is C16H26N4S. The lowest BCUT2D eigenvalue weighted by molar-refractivity contribution is 0.553. The number of aryl methyl sites for hydroxylation is 2. The second kappa shape index (κ2) is 5.89. The van der Waals surface area contributed by atoms with Crippen molar-refractivity contribution in [2.24, 2.45) is 7.05 Å². The molecule has 2 rings (SSSR count). The van der Waals surface area contributed by atoms with Gasteiger partial charge >= 0.3 is 0 Å². The lowest BCUT2D eigenvalue weighted by Crippen LogP contribution is -2.20. The first-order chi connectivity index (χ1) is 9.70. The van der Waals surface area contributed by atoms with E-state index >= 15 is 0 Å². The Morgan fingerprint density at radius 3 is 2.48 bits per heavy atom. The standard InChI is InChI=1S/C16H26N4S/c1-10(14-11(2)19-20(7)12(14)3)17-8-13-9-21-15(18-13)16(4,5)6/h9-10,17H,8H2,1-7H3/t10-/m1/s1. The number of hydrogen-bond acceptors (Lipinski definition) is 4. The Morgan fingerprint density at radius 2 is 2.00 bits per heavy atom. The molecule has 2 aromatic rings. The fraction of sp³-hybridized carbons (Fsp3) is 0.625. The third-order valence-electron chi connectivity index (χ3n) is 3.78. The molecule has 0 aliphatic rings. The van der Waals surface area contributed by atoms with Crippen LogP contribution in [0, 0.1) is 13.8 Å². The number of rotatable bonds is 4. The summed E-state index contributed by atoms with van der Waals surface area (Å²) in [5, 5.41) is 11.4. The smallest absolute Gasteiger partial charge is 0.0982 e. The lowest BCUT2D eigenvalue weighted by Gasteiger charge is -2.15. The van der Waals surface area contributed by atoms with E-state index in [2.05, 4.69) is 57.3 Å². The van der Waals surface area contributed by atoms with Crippen LogP contribution in [0.3, 0.4) is 0 Å². The van der Waals surface area contributed by atoms with Crippen LogP contribution in [0.15, 0.2) is 5.38 Å². The summed E-state index contributed by atoms with van der Waals surface area (Å²) in [6.07, 6.45) is 0. The Bertz CT molecular complexity index is 619. The van der Waals surface area contributed by atoms with Crippen LogP contribution in [0.1, 0.15) is 61.4 Å². The topological polar surface area (TPSA) is 42.7 Å². The van der Waals surface area contributed by atoms with Crippen LogP contribution < -0.4 is 5.32 Å². The number of nitrogens with zero attached hydrogens (tertiary/aromatic N) is 3. The van der Waals surface area contributed by atoms with E-state index in [0.29, 0.717) is 0 Å². The van der Waals surface area contributed by atoms with Gasteiger partial charge in [0.25, 0.3) is 0 Å². The largest absolute Gasteiger partial charge is 0.304 e. The molecule has 2 heterocycles. The zero-order chi connectivity index (χ0) is 15.8. The van der Waals surface area contributed by atoms with E-state index in [9.17, 15) is 0 Å². The predicted octanol–water partition coefficient (Wildman–Crippen LogP) is 3.64. The third-order valence-corrected chi connectivity index (χ3v) is 5.10. The molecule has 1 N–H and O–H groups in total. The first-order valence-electron chi connectivity index (χ1n) is 7.38. The van der Waals surface area contributed by atoms with Crippen molar-refractivity contribution in [2.75, 3.05) is 0 Å². The van der Waals surface area contributed by atoms with Gasteiger partial charge < -0.3 is 5.32 Å². The second-order valence-electron chi connectivity index (χ2n) is 6.70. The number of aromatic nitrogens is 3. The molecule has 2 aromatic heterocycles. The normalized spacial score (nSPS) is 13.7. The fourth-order valence-electron chi connectivity index (χ4n) is 2.51. The van der Waals surface area contributed by atoms with Gasteiger partial charge in [0.2, 0.25) is 0 Å². The van der Waals surface area contributed by atoms with Crippen LogP contribution >= 0.6 is 11.3 Å². The van der Waals surface area contributed by atoms with Gasteiger partial charge in [-0.2, -0.15) is 5.10 Å². The van der Waals surface area contributed by atoms with E-state index in [0.717, 1.165) is 17.9 Å². The van der Waals surface area contributed by atoms with Crippen LogP contribution in [0.4, 0.5) is 0 Å². The molecular weight excluding hydrogens is 280 g/mol. The second-order valence-corrected chi connectivity index (χ2v) is 7.56. The molecule has 0 aliphatic heterocycles. The van der Waals surface area contributed by atoms with Gasteiger partial charge in [0, 0.05) is 41.7 Å². The maximum absolute atomic E-state index is 4.73. The van der Waals surface area contributed by atoms with Gasteiger partial charge in [0.05, 0.1) is 16.4 Å². The molecule has 1 atom stereocenters. The van der Waals surface area contributed by atoms with E-state index in [1.165, 1.54) is 16.3 Å². The summed E-state index contributed by atoms with van der Waals surface area (Å²) in [6.45, 7) is 13.8. The van der Waals surface area contributed by atoms with Crippen LogP contribution in [-0.4, -0.2) is 14.8 Å². The number of hydrogen-bond donors (Lipinski definition) is 1. The minimum absolute atomic E-state index is 0.130. The third kappa shape index (κ3) is 3.52. The average molecular weight is 306 g/mol. The van der Waals surface area contributed by atoms with Crippen LogP contribution in [0.2, 0.25) is 0 Å². The van der Waals surface area contributed by atoms with Gasteiger partial charge in [-0.05, 0) is 20.8 Å². The fourth-order valence-corrected chi connectivity index (χ4v) is 3.42. The Labute approximate surface area is 131 Å². The number of nitrogens with one attached hydrogen (secondary N) is 1. The minimum atomic E-state index is 0.130. The monoisotopic (exact) mass is 306 g/mol. The average Bonchev–Trinajstić information content (AvgIpc) is 2.93. The first kappa shape index (κ1) is 16.2. The quantitative estimate of drug-likeness (QED) is 0.937. The van der Waals surface area contributed by atoms with E-state index in [1.807, 2.05) is 11.7 Å². The van der Waals surface area contributed by atoms with Crippen molar-refractivity contribution in [3.8, 4) is 0 Å². The summed E-state index contributed by atoms with van der Waals surface area (Å²) in [7, 11) is 1.99. The molecule has 4 nitrogen and oxygen atoms in total. The zero-order valence-corrected chi connectivity index (χ0v) is 14.9. The van der Waals surface area contributed by atoms with Crippen molar-refractivity contribution in [1.82, 2.24) is 20.1 Å². The molecule has 116 valence electrons. The van der Waals surface area contributed by atoms with Gasteiger partial charge in [-0.3, -0.25) is 4.68 Å². The predicted molar refractivity (Wildman–Crippen MR) is 88.8 cm³/mol. The molecule has 0 unspecified atom stereocenters. The minimum Gasteiger partial charge on any atom is -0.304 e. The molecule has 0 bridgehead atoms. The maximum Gasteiger partial charge on any atom is 0.0982 e. The summed E-state index contributed by atoms with van der Waals surface area (Å²) in [5.41, 5.74) is 4.87. The molecule has 21 heavy (non-hydrogen) atoms. The van der Waals surface area contributed by atoms with E-state index in [1.54, 1.807) is 11.3 Å².